The number of hydrogen-bond donors (Lipinski definition) is 0. The summed E-state index contributed by atoms with van der Waals surface area (Å²) in [5, 5.41) is 5.81. The highest BCUT2D eigenvalue weighted by molar-refractivity contribution is 9.10. The van der Waals surface area contributed by atoms with Gasteiger partial charge >= 0.3 is 0 Å². The second kappa shape index (κ2) is 3.90. The molecule has 0 atom stereocenters. The highest BCUT2D eigenvalue weighted by atomic mass is 79.9. The van der Waals surface area contributed by atoms with E-state index in [1.807, 2.05) is 12.1 Å². The second-order valence-electron chi connectivity index (χ2n) is 5.33. The summed E-state index contributed by atoms with van der Waals surface area (Å²) >= 11 is 10.1. The zero-order valence-electron chi connectivity index (χ0n) is 10.9. The van der Waals surface area contributed by atoms with Gasteiger partial charge < -0.3 is 4.40 Å². The number of aromatic nitrogens is 1. The maximum Gasteiger partial charge on any atom is 0.0727 e. The zero-order chi connectivity index (χ0) is 14.1. The molecule has 3 heteroatoms. The first kappa shape index (κ1) is 11.8. The summed E-state index contributed by atoms with van der Waals surface area (Å²) in [6.07, 6.45) is 0. The van der Waals surface area contributed by atoms with Gasteiger partial charge in [0.15, 0.2) is 0 Å². The lowest BCUT2D eigenvalue weighted by Gasteiger charge is -2.00. The summed E-state index contributed by atoms with van der Waals surface area (Å²) < 4.78 is 3.37. The van der Waals surface area contributed by atoms with E-state index in [2.05, 4.69) is 62.8 Å². The molecule has 0 saturated carbocycles. The number of rotatable bonds is 0. The lowest BCUT2D eigenvalue weighted by molar-refractivity contribution is 1.37. The fraction of sp³-hybridized carbons (Fsp3) is 0. The molecule has 0 aliphatic rings. The van der Waals surface area contributed by atoms with Crippen LogP contribution in [0.1, 0.15) is 0 Å². The Morgan fingerprint density at radius 2 is 1.43 bits per heavy atom. The average Bonchev–Trinajstić information content (AvgIpc) is 2.99. The van der Waals surface area contributed by atoms with E-state index >= 15 is 0 Å². The molecule has 5 aromatic rings. The minimum absolute atomic E-state index is 0.794. The molecule has 5 rings (SSSR count). The topological polar surface area (TPSA) is 4.41 Å². The highest BCUT2D eigenvalue weighted by Gasteiger charge is 2.18. The number of benzene rings is 3. The van der Waals surface area contributed by atoms with Crippen molar-refractivity contribution < 1.29 is 0 Å². The Morgan fingerprint density at radius 3 is 2.24 bits per heavy atom. The molecule has 0 saturated heterocycles. The highest BCUT2D eigenvalue weighted by Crippen LogP contribution is 2.41. The molecule has 0 fully saturated rings. The molecule has 2 heterocycles. The largest absolute Gasteiger partial charge is 0.306 e. The molecule has 0 N–H and O–H groups in total. The molecular formula is C18H9BrClN. The Bertz CT molecular complexity index is 1160. The van der Waals surface area contributed by atoms with Crippen molar-refractivity contribution in [1.82, 2.24) is 4.40 Å². The maximum absolute atomic E-state index is 6.51. The van der Waals surface area contributed by atoms with E-state index in [9.17, 15) is 0 Å². The van der Waals surface area contributed by atoms with Crippen molar-refractivity contribution in [1.29, 1.82) is 0 Å². The van der Waals surface area contributed by atoms with Gasteiger partial charge in [-0.1, -0.05) is 63.9 Å². The van der Waals surface area contributed by atoms with Gasteiger partial charge in [-0.2, -0.15) is 0 Å². The monoisotopic (exact) mass is 353 g/mol. The van der Waals surface area contributed by atoms with Crippen molar-refractivity contribution in [3.63, 3.8) is 0 Å². The maximum atomic E-state index is 6.51. The first-order chi connectivity index (χ1) is 10.3. The third kappa shape index (κ3) is 1.37. The van der Waals surface area contributed by atoms with Crippen molar-refractivity contribution >= 4 is 65.6 Å². The summed E-state index contributed by atoms with van der Waals surface area (Å²) in [6, 6.07) is 19.0. The Hall–Kier alpha value is -1.77. The summed E-state index contributed by atoms with van der Waals surface area (Å²) in [5.74, 6) is 0. The lowest BCUT2D eigenvalue weighted by atomic mass is 10.1. The molecule has 0 spiro atoms. The van der Waals surface area contributed by atoms with E-state index in [0.29, 0.717) is 0 Å². The van der Waals surface area contributed by atoms with Crippen molar-refractivity contribution in [2.75, 3.05) is 0 Å². The van der Waals surface area contributed by atoms with Gasteiger partial charge in [-0.15, -0.1) is 0 Å². The van der Waals surface area contributed by atoms with Gasteiger partial charge in [0.25, 0.3) is 0 Å². The van der Waals surface area contributed by atoms with E-state index < -0.39 is 0 Å². The van der Waals surface area contributed by atoms with Crippen LogP contribution in [0, 0.1) is 0 Å². The minimum Gasteiger partial charge on any atom is -0.306 e. The molecule has 0 unspecified atom stereocenters. The fourth-order valence-electron chi connectivity index (χ4n) is 3.45. The number of nitrogens with zero attached hydrogens (tertiary/aromatic N) is 1. The van der Waals surface area contributed by atoms with Crippen molar-refractivity contribution in [3.8, 4) is 0 Å². The number of hydrogen-bond acceptors (Lipinski definition) is 0. The van der Waals surface area contributed by atoms with Crippen LogP contribution in [0.2, 0.25) is 5.02 Å². The summed E-state index contributed by atoms with van der Waals surface area (Å²) in [4.78, 5) is 0. The quantitative estimate of drug-likeness (QED) is 0.309. The molecule has 0 bridgehead atoms. The lowest BCUT2D eigenvalue weighted by Crippen LogP contribution is -1.81. The molecule has 0 aliphatic carbocycles. The first-order valence-electron chi connectivity index (χ1n) is 6.77. The molecule has 0 radical (unpaired) electrons. The Balaban J connectivity index is 2.28. The molecule has 0 amide bonds. The third-order valence-corrected chi connectivity index (χ3v) is 5.05. The third-order valence-electron chi connectivity index (χ3n) is 4.25. The second-order valence-corrected chi connectivity index (χ2v) is 6.66. The van der Waals surface area contributed by atoms with E-state index in [-0.39, 0.29) is 0 Å². The molecule has 21 heavy (non-hydrogen) atoms. The molecular weight excluding hydrogens is 346 g/mol. The fourth-order valence-corrected chi connectivity index (χ4v) is 4.06. The van der Waals surface area contributed by atoms with E-state index in [0.717, 1.165) is 15.0 Å². The van der Waals surface area contributed by atoms with Crippen LogP contribution < -0.4 is 0 Å². The van der Waals surface area contributed by atoms with Gasteiger partial charge in [0, 0.05) is 26.0 Å². The van der Waals surface area contributed by atoms with Gasteiger partial charge in [-0.25, -0.2) is 0 Å². The predicted molar refractivity (Wildman–Crippen MR) is 93.8 cm³/mol. The van der Waals surface area contributed by atoms with E-state index in [1.54, 1.807) is 0 Å². The van der Waals surface area contributed by atoms with Crippen LogP contribution in [0.5, 0.6) is 0 Å². The molecule has 100 valence electrons. The van der Waals surface area contributed by atoms with Crippen LogP contribution in [0.15, 0.2) is 59.1 Å². The zero-order valence-corrected chi connectivity index (χ0v) is 13.2. The Kier molecular flexibility index (Phi) is 2.20. The van der Waals surface area contributed by atoms with Gasteiger partial charge in [0.05, 0.1) is 21.6 Å². The summed E-state index contributed by atoms with van der Waals surface area (Å²) in [6.45, 7) is 0. The summed E-state index contributed by atoms with van der Waals surface area (Å²) in [7, 11) is 0. The average molecular weight is 355 g/mol. The minimum atomic E-state index is 0.794. The van der Waals surface area contributed by atoms with Crippen LogP contribution in [-0.4, -0.2) is 4.40 Å². The van der Waals surface area contributed by atoms with Gasteiger partial charge in [-0.05, 0) is 18.2 Å². The van der Waals surface area contributed by atoms with Crippen molar-refractivity contribution in [2.24, 2.45) is 0 Å². The molecule has 2 aromatic heterocycles. The number of para-hydroxylation sites is 2. The van der Waals surface area contributed by atoms with Crippen molar-refractivity contribution in [3.05, 3.63) is 64.1 Å². The van der Waals surface area contributed by atoms with E-state index in [4.69, 9.17) is 11.6 Å². The normalized spacial score (nSPS) is 12.3. The number of fused-ring (bicyclic) bond motifs is 6. The summed E-state index contributed by atoms with van der Waals surface area (Å²) in [5.41, 5.74) is 3.55. The predicted octanol–water partition coefficient (Wildman–Crippen LogP) is 6.25. The van der Waals surface area contributed by atoms with Crippen LogP contribution >= 0.6 is 27.5 Å². The Morgan fingerprint density at radius 1 is 0.762 bits per heavy atom. The smallest absolute Gasteiger partial charge is 0.0727 e. The van der Waals surface area contributed by atoms with Crippen LogP contribution in [0.4, 0.5) is 0 Å². The molecule has 3 aromatic carbocycles. The van der Waals surface area contributed by atoms with Crippen LogP contribution in [0.3, 0.4) is 0 Å². The number of halogens is 2. The van der Waals surface area contributed by atoms with Crippen molar-refractivity contribution in [2.45, 2.75) is 0 Å². The van der Waals surface area contributed by atoms with Gasteiger partial charge in [-0.3, -0.25) is 0 Å². The SMILES string of the molecule is Clc1cccc2c3cccc4c5ccc(Br)cc5n(c12)c43. The molecule has 1 nitrogen and oxygen atoms in total. The Labute approximate surface area is 134 Å². The van der Waals surface area contributed by atoms with Gasteiger partial charge in [0.1, 0.15) is 0 Å². The molecule has 0 aliphatic heterocycles. The van der Waals surface area contributed by atoms with Crippen LogP contribution in [0.25, 0.3) is 38.1 Å². The van der Waals surface area contributed by atoms with Crippen LogP contribution in [-0.2, 0) is 0 Å². The standard InChI is InChI=1S/C18H9BrClN/c19-10-7-8-11-12-3-1-4-13-14-5-2-6-15(20)18(14)21(17(12)13)16(11)9-10/h1-9H. The van der Waals surface area contributed by atoms with Gasteiger partial charge in [0.2, 0.25) is 0 Å². The first-order valence-corrected chi connectivity index (χ1v) is 7.95. The van der Waals surface area contributed by atoms with E-state index in [1.165, 1.54) is 32.6 Å².